The summed E-state index contributed by atoms with van der Waals surface area (Å²) in [6, 6.07) is -0.592. The molecule has 1 amide bonds. The van der Waals surface area contributed by atoms with Gasteiger partial charge < -0.3 is 14.4 Å². The number of carbonyl (C=O) groups is 4. The molecule has 1 aliphatic heterocycles. The monoisotopic (exact) mass is 475 g/mol. The zero-order valence-corrected chi connectivity index (χ0v) is 21.4. The van der Waals surface area contributed by atoms with Crippen molar-refractivity contribution in [2.24, 2.45) is 28.6 Å². The van der Waals surface area contributed by atoms with Crippen LogP contribution in [0.4, 0.5) is 0 Å². The Morgan fingerprint density at radius 3 is 2.35 bits per heavy atom. The lowest BCUT2D eigenvalue weighted by atomic mass is 9.77. The van der Waals surface area contributed by atoms with E-state index in [0.717, 1.165) is 25.7 Å². The number of ketones is 1. The normalized spacial score (nSPS) is 30.0. The van der Waals surface area contributed by atoms with Crippen LogP contribution in [0.1, 0.15) is 79.1 Å². The number of likely N-dealkylation sites (tertiary alicyclic amines) is 1. The van der Waals surface area contributed by atoms with Crippen LogP contribution < -0.4 is 0 Å². The molecule has 3 fully saturated rings. The second kappa shape index (κ2) is 10.2. The van der Waals surface area contributed by atoms with Crippen LogP contribution in [0.3, 0.4) is 0 Å². The van der Waals surface area contributed by atoms with Crippen molar-refractivity contribution in [1.29, 1.82) is 0 Å². The summed E-state index contributed by atoms with van der Waals surface area (Å²) >= 11 is 0. The van der Waals surface area contributed by atoms with E-state index in [1.54, 1.807) is 11.0 Å². The maximum absolute atomic E-state index is 13.8. The Morgan fingerprint density at radius 2 is 1.82 bits per heavy atom. The fourth-order valence-corrected chi connectivity index (χ4v) is 5.75. The van der Waals surface area contributed by atoms with Gasteiger partial charge in [0.1, 0.15) is 6.10 Å². The number of hydrogen-bond acceptors (Lipinski definition) is 6. The third-order valence-electron chi connectivity index (χ3n) is 7.98. The summed E-state index contributed by atoms with van der Waals surface area (Å²) in [6.07, 6.45) is 6.71. The van der Waals surface area contributed by atoms with Crippen molar-refractivity contribution in [2.75, 3.05) is 13.7 Å². The first-order chi connectivity index (χ1) is 15.9. The first kappa shape index (κ1) is 26.4. The average Bonchev–Trinajstić information content (AvgIpc) is 3.07. The number of hydrogen-bond donors (Lipinski definition) is 0. The SMILES string of the molecule is C=C[C@@H]1C[C@]1(CC(=O)[C@@H]1C[C@H](C)CN1C(=O)[C@@H](CC(=O)OC1CCCC1)C(C)(C)C)C(=O)OC. The summed E-state index contributed by atoms with van der Waals surface area (Å²) < 4.78 is 10.6. The van der Waals surface area contributed by atoms with Gasteiger partial charge in [-0.3, -0.25) is 19.2 Å². The van der Waals surface area contributed by atoms with Gasteiger partial charge in [0.05, 0.1) is 30.9 Å². The second-order valence-electron chi connectivity index (χ2n) is 11.7. The minimum Gasteiger partial charge on any atom is -0.469 e. The zero-order chi connectivity index (χ0) is 25.3. The number of methoxy groups -OCH3 is 1. The third kappa shape index (κ3) is 5.55. The van der Waals surface area contributed by atoms with E-state index < -0.39 is 28.8 Å². The standard InChI is InChI=1S/C27H41NO6/c1-7-18-14-27(18,25(32)33-6)15-22(29)21-12-17(2)16-28(21)24(31)20(26(3,4)5)13-23(30)34-19-10-8-9-11-19/h7,17-21H,1,8-16H2,2-6H3/t17-,18+,20+,21-,27+/m0/s1. The van der Waals surface area contributed by atoms with Crippen LogP contribution in [0.25, 0.3) is 0 Å². The molecular weight excluding hydrogens is 434 g/mol. The molecule has 2 saturated carbocycles. The van der Waals surface area contributed by atoms with E-state index >= 15 is 0 Å². The van der Waals surface area contributed by atoms with Crippen LogP contribution in [0.5, 0.6) is 0 Å². The van der Waals surface area contributed by atoms with E-state index in [0.29, 0.717) is 19.4 Å². The second-order valence-corrected chi connectivity index (χ2v) is 11.7. The maximum Gasteiger partial charge on any atom is 0.312 e. The number of allylic oxidation sites excluding steroid dienone is 1. The predicted molar refractivity (Wildman–Crippen MR) is 128 cm³/mol. The van der Waals surface area contributed by atoms with Crippen molar-refractivity contribution >= 4 is 23.6 Å². The maximum atomic E-state index is 13.8. The van der Waals surface area contributed by atoms with Crippen LogP contribution in [0, 0.1) is 28.6 Å². The largest absolute Gasteiger partial charge is 0.469 e. The summed E-state index contributed by atoms with van der Waals surface area (Å²) in [7, 11) is 1.33. The summed E-state index contributed by atoms with van der Waals surface area (Å²) in [5.74, 6) is -1.54. The number of rotatable bonds is 9. The Kier molecular flexibility index (Phi) is 7.93. The quantitative estimate of drug-likeness (QED) is 0.369. The van der Waals surface area contributed by atoms with E-state index in [2.05, 4.69) is 6.58 Å². The molecule has 0 spiro atoms. The van der Waals surface area contributed by atoms with E-state index in [1.165, 1.54) is 7.11 Å². The Morgan fingerprint density at radius 1 is 1.18 bits per heavy atom. The average molecular weight is 476 g/mol. The van der Waals surface area contributed by atoms with Gasteiger partial charge in [-0.2, -0.15) is 0 Å². The summed E-state index contributed by atoms with van der Waals surface area (Å²) in [5.41, 5.74) is -1.33. The molecule has 0 radical (unpaired) electrons. The molecule has 7 nitrogen and oxygen atoms in total. The highest BCUT2D eigenvalue weighted by molar-refractivity contribution is 5.95. The molecule has 34 heavy (non-hydrogen) atoms. The van der Waals surface area contributed by atoms with E-state index in [9.17, 15) is 19.2 Å². The number of nitrogens with zero attached hydrogens (tertiary/aromatic N) is 1. The lowest BCUT2D eigenvalue weighted by molar-refractivity contribution is -0.156. The highest BCUT2D eigenvalue weighted by Crippen LogP contribution is 2.57. The highest BCUT2D eigenvalue weighted by Gasteiger charge is 2.61. The smallest absolute Gasteiger partial charge is 0.312 e. The molecule has 1 saturated heterocycles. The van der Waals surface area contributed by atoms with Crippen LogP contribution >= 0.6 is 0 Å². The van der Waals surface area contributed by atoms with E-state index in [4.69, 9.17) is 9.47 Å². The molecule has 190 valence electrons. The lowest BCUT2D eigenvalue weighted by Gasteiger charge is -2.35. The molecule has 3 rings (SSSR count). The van der Waals surface area contributed by atoms with Crippen LogP contribution in [-0.4, -0.2) is 54.3 Å². The van der Waals surface area contributed by atoms with Crippen molar-refractivity contribution in [3.05, 3.63) is 12.7 Å². The molecule has 0 unspecified atom stereocenters. The topological polar surface area (TPSA) is 90.0 Å². The lowest BCUT2D eigenvalue weighted by Crippen LogP contribution is -2.48. The Hall–Kier alpha value is -2.18. The fourth-order valence-electron chi connectivity index (χ4n) is 5.75. The minimum absolute atomic E-state index is 0.00919. The molecule has 0 bridgehead atoms. The Labute approximate surface area is 203 Å². The first-order valence-corrected chi connectivity index (χ1v) is 12.7. The number of ether oxygens (including phenoxy) is 2. The number of Topliss-reactive ketones (excluding diaryl/α,β-unsaturated/α-hetero) is 1. The molecule has 0 aromatic rings. The fraction of sp³-hybridized carbons (Fsp3) is 0.778. The van der Waals surface area contributed by atoms with Crippen LogP contribution in [-0.2, 0) is 28.7 Å². The minimum atomic E-state index is -0.858. The molecule has 7 heteroatoms. The predicted octanol–water partition coefficient (Wildman–Crippen LogP) is 4.09. The van der Waals surface area contributed by atoms with Gasteiger partial charge in [0.25, 0.3) is 0 Å². The van der Waals surface area contributed by atoms with Gasteiger partial charge in [0.2, 0.25) is 5.91 Å². The molecule has 2 aliphatic carbocycles. The number of amides is 1. The Balaban J connectivity index is 1.74. The highest BCUT2D eigenvalue weighted by atomic mass is 16.5. The van der Waals surface area contributed by atoms with Crippen molar-refractivity contribution in [1.82, 2.24) is 4.90 Å². The summed E-state index contributed by atoms with van der Waals surface area (Å²) in [5, 5.41) is 0. The summed E-state index contributed by atoms with van der Waals surface area (Å²) in [6.45, 7) is 12.1. The molecule has 0 N–H and O–H groups in total. The van der Waals surface area contributed by atoms with Crippen molar-refractivity contribution in [2.45, 2.75) is 91.2 Å². The van der Waals surface area contributed by atoms with Gasteiger partial charge in [-0.1, -0.05) is 33.8 Å². The number of esters is 2. The zero-order valence-electron chi connectivity index (χ0n) is 21.4. The molecular formula is C27H41NO6. The molecule has 0 aromatic carbocycles. The third-order valence-corrected chi connectivity index (χ3v) is 7.98. The van der Waals surface area contributed by atoms with Crippen LogP contribution in [0.2, 0.25) is 0 Å². The van der Waals surface area contributed by atoms with E-state index in [-0.39, 0.29) is 48.4 Å². The van der Waals surface area contributed by atoms with Crippen molar-refractivity contribution in [3.63, 3.8) is 0 Å². The molecule has 0 aromatic heterocycles. The van der Waals surface area contributed by atoms with Gasteiger partial charge in [-0.25, -0.2) is 0 Å². The molecule has 3 aliphatic rings. The van der Waals surface area contributed by atoms with Crippen LogP contribution in [0.15, 0.2) is 12.7 Å². The molecule has 1 heterocycles. The summed E-state index contributed by atoms with van der Waals surface area (Å²) in [4.78, 5) is 54.0. The Bertz CT molecular complexity index is 823. The van der Waals surface area contributed by atoms with Gasteiger partial charge in [0.15, 0.2) is 5.78 Å². The molecule has 5 atom stereocenters. The van der Waals surface area contributed by atoms with Gasteiger partial charge in [-0.15, -0.1) is 6.58 Å². The van der Waals surface area contributed by atoms with E-state index in [1.807, 2.05) is 27.7 Å². The van der Waals surface area contributed by atoms with Gasteiger partial charge in [0, 0.05) is 13.0 Å². The van der Waals surface area contributed by atoms with Crippen molar-refractivity contribution in [3.8, 4) is 0 Å². The van der Waals surface area contributed by atoms with Gasteiger partial charge >= 0.3 is 11.9 Å². The first-order valence-electron chi connectivity index (χ1n) is 12.7. The number of carbonyl (C=O) groups excluding carboxylic acids is 4. The van der Waals surface area contributed by atoms with Crippen molar-refractivity contribution < 1.29 is 28.7 Å². The van der Waals surface area contributed by atoms with Gasteiger partial charge in [-0.05, 0) is 55.8 Å².